The van der Waals surface area contributed by atoms with Crippen molar-refractivity contribution in [2.75, 3.05) is 0 Å². The van der Waals surface area contributed by atoms with E-state index >= 15 is 0 Å². The number of hydrogen-bond donors (Lipinski definition) is 0. The molecule has 0 unspecified atom stereocenters. The molecule has 0 fully saturated rings. The highest BCUT2D eigenvalue weighted by Crippen LogP contribution is 2.32. The van der Waals surface area contributed by atoms with Crippen LogP contribution in [0.4, 0.5) is 0 Å². The lowest BCUT2D eigenvalue weighted by molar-refractivity contribution is 0.210. The molecular weight excluding hydrogens is 340 g/mol. The average Bonchev–Trinajstić information content (AvgIpc) is 2.79. The van der Waals surface area contributed by atoms with Gasteiger partial charge in [0.2, 0.25) is 0 Å². The lowest BCUT2D eigenvalue weighted by atomic mass is 10.0. The van der Waals surface area contributed by atoms with Crippen LogP contribution >= 0.6 is 0 Å². The lowest BCUT2D eigenvalue weighted by Crippen LogP contribution is -2.06. The van der Waals surface area contributed by atoms with E-state index in [1.165, 1.54) is 0 Å². The quantitative estimate of drug-likeness (QED) is 0.265. The Labute approximate surface area is 166 Å². The van der Waals surface area contributed by atoms with Crippen LogP contribution < -0.4 is 0 Å². The summed E-state index contributed by atoms with van der Waals surface area (Å²) >= 11 is 0. The second-order valence-corrected chi connectivity index (χ2v) is 6.60. The molecular formula is C27H22O. The van der Waals surface area contributed by atoms with Crippen LogP contribution in [0, 0.1) is 0 Å². The fraction of sp³-hybridized carbons (Fsp3) is 0.0370. The Morgan fingerprint density at radius 1 is 0.536 bits per heavy atom. The zero-order valence-corrected chi connectivity index (χ0v) is 15.6. The van der Waals surface area contributed by atoms with Crippen LogP contribution in [-0.4, -0.2) is 0 Å². The number of rotatable bonds is 6. The van der Waals surface area contributed by atoms with Crippen LogP contribution in [0.5, 0.6) is 0 Å². The molecule has 1 heteroatoms. The van der Waals surface area contributed by atoms with Crippen LogP contribution in [0.1, 0.15) is 28.4 Å². The molecule has 136 valence electrons. The van der Waals surface area contributed by atoms with E-state index in [0.29, 0.717) is 0 Å². The third kappa shape index (κ3) is 4.39. The fourth-order valence-corrected chi connectivity index (χ4v) is 3.20. The molecule has 0 amide bonds. The first-order chi connectivity index (χ1) is 13.9. The first-order valence-corrected chi connectivity index (χ1v) is 9.49. The minimum Gasteiger partial charge on any atom is -0.480 e. The lowest BCUT2D eigenvalue weighted by Gasteiger charge is -2.22. The van der Waals surface area contributed by atoms with Crippen molar-refractivity contribution < 1.29 is 4.74 Å². The van der Waals surface area contributed by atoms with Crippen molar-refractivity contribution in [2.24, 2.45) is 0 Å². The van der Waals surface area contributed by atoms with Gasteiger partial charge in [0.1, 0.15) is 11.9 Å². The molecule has 0 aliphatic rings. The number of hydrogen-bond acceptors (Lipinski definition) is 1. The monoisotopic (exact) mass is 362 g/mol. The minimum atomic E-state index is -0.183. The van der Waals surface area contributed by atoms with Crippen molar-refractivity contribution in [2.45, 2.75) is 6.10 Å². The van der Waals surface area contributed by atoms with Gasteiger partial charge < -0.3 is 4.74 Å². The van der Waals surface area contributed by atoms with Crippen LogP contribution in [-0.2, 0) is 4.74 Å². The molecule has 0 bridgehead atoms. The van der Waals surface area contributed by atoms with E-state index in [9.17, 15) is 0 Å². The van der Waals surface area contributed by atoms with E-state index in [2.05, 4.69) is 78.9 Å². The van der Waals surface area contributed by atoms with Gasteiger partial charge in [-0.2, -0.15) is 0 Å². The molecule has 0 atom stereocenters. The Morgan fingerprint density at radius 3 is 1.46 bits per heavy atom. The molecule has 0 N–H and O–H groups in total. The summed E-state index contributed by atoms with van der Waals surface area (Å²) in [5.41, 5.74) is 4.43. The Hall–Kier alpha value is -3.58. The zero-order valence-electron chi connectivity index (χ0n) is 15.6. The number of benzene rings is 4. The Bertz CT molecular complexity index is 967. The Balaban J connectivity index is 1.78. The highest BCUT2D eigenvalue weighted by atomic mass is 16.5. The summed E-state index contributed by atoms with van der Waals surface area (Å²) in [4.78, 5) is 0. The molecule has 0 radical (unpaired) electrons. The zero-order chi connectivity index (χ0) is 19.0. The van der Waals surface area contributed by atoms with E-state index in [-0.39, 0.29) is 6.10 Å². The Kier molecular flexibility index (Phi) is 5.65. The SMILES string of the molecule is C(=C(/OC(c1ccccc1)c1ccccc1)c1ccccc1)/c1ccccc1. The first kappa shape index (κ1) is 17.8. The summed E-state index contributed by atoms with van der Waals surface area (Å²) in [6.07, 6.45) is 1.92. The summed E-state index contributed by atoms with van der Waals surface area (Å²) in [6, 6.07) is 41.3. The van der Waals surface area contributed by atoms with Crippen molar-refractivity contribution in [1.29, 1.82) is 0 Å². The summed E-state index contributed by atoms with van der Waals surface area (Å²) in [6.45, 7) is 0. The molecule has 4 aromatic rings. The summed E-state index contributed by atoms with van der Waals surface area (Å²) in [5, 5.41) is 0. The van der Waals surface area contributed by atoms with Crippen molar-refractivity contribution in [3.63, 3.8) is 0 Å². The summed E-state index contributed by atoms with van der Waals surface area (Å²) in [5.74, 6) is 0.851. The van der Waals surface area contributed by atoms with Gasteiger partial charge in [0.05, 0.1) is 0 Å². The van der Waals surface area contributed by atoms with Gasteiger partial charge in [-0.3, -0.25) is 0 Å². The van der Waals surface area contributed by atoms with E-state index in [0.717, 1.165) is 28.0 Å². The van der Waals surface area contributed by atoms with Gasteiger partial charge in [0, 0.05) is 5.56 Å². The predicted molar refractivity (Wildman–Crippen MR) is 117 cm³/mol. The van der Waals surface area contributed by atoms with E-state index in [4.69, 9.17) is 4.74 Å². The van der Waals surface area contributed by atoms with Crippen molar-refractivity contribution in [3.05, 3.63) is 144 Å². The Morgan fingerprint density at radius 2 is 0.964 bits per heavy atom. The summed E-state index contributed by atoms with van der Waals surface area (Å²) < 4.78 is 6.67. The topological polar surface area (TPSA) is 9.23 Å². The third-order valence-corrected chi connectivity index (χ3v) is 4.61. The fourth-order valence-electron chi connectivity index (χ4n) is 3.20. The van der Waals surface area contributed by atoms with Crippen LogP contribution in [0.25, 0.3) is 11.8 Å². The maximum atomic E-state index is 6.67. The van der Waals surface area contributed by atoms with Crippen LogP contribution in [0.15, 0.2) is 121 Å². The highest BCUT2D eigenvalue weighted by Gasteiger charge is 2.18. The molecule has 0 heterocycles. The molecule has 0 saturated heterocycles. The van der Waals surface area contributed by atoms with Gasteiger partial charge in [0.25, 0.3) is 0 Å². The third-order valence-electron chi connectivity index (χ3n) is 4.61. The maximum Gasteiger partial charge on any atom is 0.149 e. The standard InChI is InChI=1S/C27H22O/c1-5-13-22(14-6-1)21-26(23-15-7-2-8-16-23)28-27(24-17-9-3-10-18-24)25-19-11-4-12-20-25/h1-21,27H/b26-21-. The molecule has 28 heavy (non-hydrogen) atoms. The maximum absolute atomic E-state index is 6.67. The average molecular weight is 362 g/mol. The van der Waals surface area contributed by atoms with Gasteiger partial charge in [-0.05, 0) is 22.8 Å². The second kappa shape index (κ2) is 8.88. The van der Waals surface area contributed by atoms with Gasteiger partial charge in [-0.25, -0.2) is 0 Å². The molecule has 0 aliphatic heterocycles. The van der Waals surface area contributed by atoms with Gasteiger partial charge in [-0.15, -0.1) is 0 Å². The van der Waals surface area contributed by atoms with Crippen molar-refractivity contribution >= 4 is 11.8 Å². The molecule has 0 spiro atoms. The normalized spacial score (nSPS) is 11.4. The van der Waals surface area contributed by atoms with Crippen molar-refractivity contribution in [3.8, 4) is 0 Å². The minimum absolute atomic E-state index is 0.183. The first-order valence-electron chi connectivity index (χ1n) is 9.49. The molecule has 0 saturated carbocycles. The number of ether oxygens (including phenoxy) is 1. The van der Waals surface area contributed by atoms with E-state index in [1.54, 1.807) is 0 Å². The molecule has 1 nitrogen and oxygen atoms in total. The van der Waals surface area contributed by atoms with Gasteiger partial charge in [-0.1, -0.05) is 121 Å². The molecule has 0 aliphatic carbocycles. The molecule has 4 rings (SSSR count). The molecule has 4 aromatic carbocycles. The highest BCUT2D eigenvalue weighted by molar-refractivity contribution is 5.77. The van der Waals surface area contributed by atoms with E-state index in [1.807, 2.05) is 48.5 Å². The smallest absolute Gasteiger partial charge is 0.149 e. The van der Waals surface area contributed by atoms with Crippen molar-refractivity contribution in [1.82, 2.24) is 0 Å². The predicted octanol–water partition coefficient (Wildman–Crippen LogP) is 6.99. The van der Waals surface area contributed by atoms with E-state index < -0.39 is 0 Å². The van der Waals surface area contributed by atoms with Crippen LogP contribution in [0.2, 0.25) is 0 Å². The van der Waals surface area contributed by atoms with Gasteiger partial charge in [0.15, 0.2) is 0 Å². The second-order valence-electron chi connectivity index (χ2n) is 6.60. The van der Waals surface area contributed by atoms with Gasteiger partial charge >= 0.3 is 0 Å². The summed E-state index contributed by atoms with van der Waals surface area (Å²) in [7, 11) is 0. The molecule has 0 aromatic heterocycles. The van der Waals surface area contributed by atoms with Crippen LogP contribution in [0.3, 0.4) is 0 Å². The largest absolute Gasteiger partial charge is 0.480 e.